The largest absolute Gasteiger partial charge is 0.357 e. The van der Waals surface area contributed by atoms with Crippen molar-refractivity contribution >= 4 is 27.7 Å². The van der Waals surface area contributed by atoms with Gasteiger partial charge in [0.15, 0.2) is 5.96 Å². The molecule has 0 saturated carbocycles. The van der Waals surface area contributed by atoms with Crippen molar-refractivity contribution in [2.75, 3.05) is 33.4 Å². The van der Waals surface area contributed by atoms with E-state index >= 15 is 0 Å². The van der Waals surface area contributed by atoms with Gasteiger partial charge in [-0.15, -0.1) is 0 Å². The molecule has 0 radical (unpaired) electrons. The topological polar surface area (TPSA) is 73.8 Å². The van der Waals surface area contributed by atoms with Crippen molar-refractivity contribution in [3.05, 3.63) is 29.8 Å². The molecular weight excluding hydrogens is 356 g/mol. The van der Waals surface area contributed by atoms with Crippen LogP contribution in [0.5, 0.6) is 0 Å². The summed E-state index contributed by atoms with van der Waals surface area (Å²) in [4.78, 5) is 4.86. The van der Waals surface area contributed by atoms with Crippen LogP contribution in [0.2, 0.25) is 0 Å². The maximum Gasteiger partial charge on any atom is 0.242 e. The molecule has 0 aliphatic heterocycles. The number of aliphatic imine (C=N–C) groups is 1. The third-order valence-corrected chi connectivity index (χ3v) is 6.78. The standard InChI is InChI=1S/C17H30N4O2S2/c1-7-18-16(20-13-17(2,3)24-6)19-12-14-8-10-15(11-9-14)25(22,23)21(4)5/h8-11H,7,12-13H2,1-6H3,(H2,18,19,20). The predicted octanol–water partition coefficient (Wildman–Crippen LogP) is 2.13. The number of hydrogen-bond acceptors (Lipinski definition) is 4. The Labute approximate surface area is 156 Å². The normalized spacial score (nSPS) is 13.2. The molecule has 25 heavy (non-hydrogen) atoms. The predicted molar refractivity (Wildman–Crippen MR) is 108 cm³/mol. The van der Waals surface area contributed by atoms with Gasteiger partial charge in [0.1, 0.15) is 0 Å². The van der Waals surface area contributed by atoms with E-state index in [4.69, 9.17) is 0 Å². The molecule has 0 aromatic heterocycles. The molecule has 0 amide bonds. The Kier molecular flexibility index (Phi) is 8.24. The minimum atomic E-state index is -3.39. The van der Waals surface area contributed by atoms with Crippen molar-refractivity contribution in [2.45, 2.75) is 37.0 Å². The number of benzene rings is 1. The van der Waals surface area contributed by atoms with Crippen LogP contribution in [-0.2, 0) is 16.6 Å². The Morgan fingerprint density at radius 3 is 2.28 bits per heavy atom. The van der Waals surface area contributed by atoms with Crippen LogP contribution < -0.4 is 10.6 Å². The molecule has 0 atom stereocenters. The average molecular weight is 387 g/mol. The van der Waals surface area contributed by atoms with Gasteiger partial charge in [-0.3, -0.25) is 0 Å². The summed E-state index contributed by atoms with van der Waals surface area (Å²) in [6.07, 6.45) is 2.09. The SMILES string of the molecule is CCNC(=NCc1ccc(S(=O)(=O)N(C)C)cc1)NCC(C)(C)SC. The van der Waals surface area contributed by atoms with Crippen LogP contribution in [0.4, 0.5) is 0 Å². The lowest BCUT2D eigenvalue weighted by Gasteiger charge is -2.23. The molecule has 0 fully saturated rings. The van der Waals surface area contributed by atoms with Crippen molar-refractivity contribution in [2.24, 2.45) is 4.99 Å². The van der Waals surface area contributed by atoms with Gasteiger partial charge in [0.05, 0.1) is 11.4 Å². The summed E-state index contributed by atoms with van der Waals surface area (Å²) < 4.78 is 25.5. The van der Waals surface area contributed by atoms with Gasteiger partial charge in [-0.2, -0.15) is 11.8 Å². The van der Waals surface area contributed by atoms with Crippen molar-refractivity contribution < 1.29 is 8.42 Å². The van der Waals surface area contributed by atoms with Crippen molar-refractivity contribution in [3.8, 4) is 0 Å². The van der Waals surface area contributed by atoms with E-state index in [9.17, 15) is 8.42 Å². The fourth-order valence-corrected chi connectivity index (χ4v) is 2.98. The van der Waals surface area contributed by atoms with Crippen LogP contribution in [0, 0.1) is 0 Å². The van der Waals surface area contributed by atoms with Crippen LogP contribution in [-0.4, -0.2) is 56.9 Å². The lowest BCUT2D eigenvalue weighted by atomic mass is 10.2. The Hall–Kier alpha value is -1.25. The van der Waals surface area contributed by atoms with Crippen LogP contribution in [0.3, 0.4) is 0 Å². The monoisotopic (exact) mass is 386 g/mol. The molecule has 8 heteroatoms. The van der Waals surface area contributed by atoms with Gasteiger partial charge in [-0.1, -0.05) is 12.1 Å². The van der Waals surface area contributed by atoms with E-state index < -0.39 is 10.0 Å². The highest BCUT2D eigenvalue weighted by Gasteiger charge is 2.17. The highest BCUT2D eigenvalue weighted by molar-refractivity contribution is 7.99. The zero-order valence-corrected chi connectivity index (χ0v) is 17.6. The molecule has 0 saturated heterocycles. The van der Waals surface area contributed by atoms with Gasteiger partial charge in [-0.25, -0.2) is 17.7 Å². The van der Waals surface area contributed by atoms with E-state index in [1.165, 1.54) is 18.4 Å². The third-order valence-electron chi connectivity index (χ3n) is 3.70. The molecule has 1 rings (SSSR count). The van der Waals surface area contributed by atoms with E-state index in [1.54, 1.807) is 36.0 Å². The van der Waals surface area contributed by atoms with Crippen LogP contribution >= 0.6 is 11.8 Å². The van der Waals surface area contributed by atoms with Gasteiger partial charge in [0.2, 0.25) is 10.0 Å². The number of thioether (sulfide) groups is 1. The second-order valence-corrected chi connectivity index (χ2v) is 10.1. The molecule has 0 aliphatic carbocycles. The lowest BCUT2D eigenvalue weighted by molar-refractivity contribution is 0.520. The molecule has 0 unspecified atom stereocenters. The first-order valence-corrected chi connectivity index (χ1v) is 10.9. The highest BCUT2D eigenvalue weighted by Crippen LogP contribution is 2.19. The summed E-state index contributed by atoms with van der Waals surface area (Å²) in [6, 6.07) is 6.85. The van der Waals surface area contributed by atoms with Gasteiger partial charge in [0.25, 0.3) is 0 Å². The molecule has 142 valence electrons. The zero-order valence-electron chi connectivity index (χ0n) is 16.0. The molecule has 0 aliphatic rings. The van der Waals surface area contributed by atoms with Gasteiger partial charge in [-0.05, 0) is 44.7 Å². The summed E-state index contributed by atoms with van der Waals surface area (Å²) in [5.74, 6) is 0.759. The second kappa shape index (κ2) is 9.45. The molecule has 1 aromatic carbocycles. The number of hydrogen-bond donors (Lipinski definition) is 2. The summed E-state index contributed by atoms with van der Waals surface area (Å²) in [5, 5.41) is 6.58. The van der Waals surface area contributed by atoms with E-state index in [0.717, 1.165) is 24.6 Å². The van der Waals surface area contributed by atoms with Gasteiger partial charge >= 0.3 is 0 Å². The zero-order chi connectivity index (χ0) is 19.1. The third kappa shape index (κ3) is 6.87. The second-order valence-electron chi connectivity index (χ2n) is 6.44. The van der Waals surface area contributed by atoms with Crippen LogP contribution in [0.25, 0.3) is 0 Å². The summed E-state index contributed by atoms with van der Waals surface area (Å²) in [5.41, 5.74) is 0.957. The van der Waals surface area contributed by atoms with Crippen molar-refractivity contribution in [1.82, 2.24) is 14.9 Å². The van der Waals surface area contributed by atoms with E-state index in [0.29, 0.717) is 6.54 Å². The average Bonchev–Trinajstić information content (AvgIpc) is 2.57. The Morgan fingerprint density at radius 2 is 1.80 bits per heavy atom. The van der Waals surface area contributed by atoms with E-state index in [2.05, 4.69) is 35.7 Å². The van der Waals surface area contributed by atoms with E-state index in [1.807, 2.05) is 6.92 Å². The number of rotatable bonds is 8. The maximum atomic E-state index is 12.1. The van der Waals surface area contributed by atoms with Crippen LogP contribution in [0.1, 0.15) is 26.3 Å². The van der Waals surface area contributed by atoms with E-state index in [-0.39, 0.29) is 9.64 Å². The molecule has 6 nitrogen and oxygen atoms in total. The number of nitrogens with one attached hydrogen (secondary N) is 2. The summed E-state index contributed by atoms with van der Waals surface area (Å²) in [6.45, 7) is 8.46. The highest BCUT2D eigenvalue weighted by atomic mass is 32.2. The fourth-order valence-electron chi connectivity index (χ4n) is 1.86. The molecule has 0 spiro atoms. The Balaban J connectivity index is 2.79. The molecule has 0 heterocycles. The van der Waals surface area contributed by atoms with Crippen LogP contribution in [0.15, 0.2) is 34.2 Å². The quantitative estimate of drug-likeness (QED) is 0.529. The first-order valence-electron chi connectivity index (χ1n) is 8.21. The smallest absolute Gasteiger partial charge is 0.242 e. The fraction of sp³-hybridized carbons (Fsp3) is 0.588. The first-order chi connectivity index (χ1) is 11.6. The van der Waals surface area contributed by atoms with Gasteiger partial charge in [0, 0.05) is 31.9 Å². The Morgan fingerprint density at radius 1 is 1.20 bits per heavy atom. The number of guanidine groups is 1. The minimum absolute atomic E-state index is 0.123. The molecular formula is C17H30N4O2S2. The van der Waals surface area contributed by atoms with Crippen molar-refractivity contribution in [1.29, 1.82) is 0 Å². The number of nitrogens with zero attached hydrogens (tertiary/aromatic N) is 2. The summed E-state index contributed by atoms with van der Waals surface area (Å²) in [7, 11) is -0.339. The van der Waals surface area contributed by atoms with Crippen molar-refractivity contribution in [3.63, 3.8) is 0 Å². The first kappa shape index (κ1) is 21.8. The Bertz CT molecular complexity index is 668. The summed E-state index contributed by atoms with van der Waals surface area (Å²) >= 11 is 1.80. The van der Waals surface area contributed by atoms with Gasteiger partial charge < -0.3 is 10.6 Å². The maximum absolute atomic E-state index is 12.1. The minimum Gasteiger partial charge on any atom is -0.357 e. The molecule has 2 N–H and O–H groups in total. The molecule has 1 aromatic rings. The number of sulfonamides is 1. The lowest BCUT2D eigenvalue weighted by Crippen LogP contribution is -2.43. The molecule has 0 bridgehead atoms.